The molecule has 0 saturated heterocycles. The standard InChI is InChI=1S/C23H41N5O/c1-7-13-25-22(29)21-12-9-11-20(16-21)17-27-23(24-8-2)26-14-10-15-28(18(3)4)19(5)6/h9,11-12,16,18-19H,7-8,10,13-15,17H2,1-6H3,(H,25,29)(H2,24,26,27). The highest BCUT2D eigenvalue weighted by molar-refractivity contribution is 5.94. The summed E-state index contributed by atoms with van der Waals surface area (Å²) in [4.78, 5) is 19.3. The number of hydrogen-bond donors (Lipinski definition) is 3. The maximum absolute atomic E-state index is 12.1. The highest BCUT2D eigenvalue weighted by atomic mass is 16.1. The third-order valence-electron chi connectivity index (χ3n) is 4.70. The molecule has 6 nitrogen and oxygen atoms in total. The number of rotatable bonds is 12. The number of amides is 1. The molecular formula is C23H41N5O. The Labute approximate surface area is 177 Å². The monoisotopic (exact) mass is 403 g/mol. The molecule has 0 fully saturated rings. The van der Waals surface area contributed by atoms with E-state index in [-0.39, 0.29) is 5.91 Å². The van der Waals surface area contributed by atoms with Crippen LogP contribution in [0.3, 0.4) is 0 Å². The number of guanidine groups is 1. The fourth-order valence-electron chi connectivity index (χ4n) is 3.24. The van der Waals surface area contributed by atoms with E-state index in [1.165, 1.54) is 0 Å². The molecule has 0 radical (unpaired) electrons. The van der Waals surface area contributed by atoms with Crippen LogP contribution < -0.4 is 16.0 Å². The predicted octanol–water partition coefficient (Wildman–Crippen LogP) is 3.39. The van der Waals surface area contributed by atoms with Gasteiger partial charge in [-0.15, -0.1) is 0 Å². The molecule has 0 aliphatic heterocycles. The average molecular weight is 404 g/mol. The molecule has 29 heavy (non-hydrogen) atoms. The van der Waals surface area contributed by atoms with Gasteiger partial charge in [0.05, 0.1) is 6.54 Å². The number of nitrogens with zero attached hydrogens (tertiary/aromatic N) is 2. The van der Waals surface area contributed by atoms with Crippen molar-refractivity contribution in [3.63, 3.8) is 0 Å². The van der Waals surface area contributed by atoms with Crippen molar-refractivity contribution in [1.29, 1.82) is 0 Å². The molecular weight excluding hydrogens is 362 g/mol. The van der Waals surface area contributed by atoms with E-state index < -0.39 is 0 Å². The Balaban J connectivity index is 2.60. The van der Waals surface area contributed by atoms with E-state index in [0.29, 0.717) is 30.7 Å². The first-order valence-electron chi connectivity index (χ1n) is 11.0. The van der Waals surface area contributed by atoms with Crippen LogP contribution in [0.25, 0.3) is 0 Å². The summed E-state index contributed by atoms with van der Waals surface area (Å²) < 4.78 is 0. The Kier molecular flexibility index (Phi) is 12.0. The maximum atomic E-state index is 12.1. The first-order valence-corrected chi connectivity index (χ1v) is 11.0. The predicted molar refractivity (Wildman–Crippen MR) is 123 cm³/mol. The zero-order valence-electron chi connectivity index (χ0n) is 19.2. The van der Waals surface area contributed by atoms with E-state index in [4.69, 9.17) is 0 Å². The molecule has 0 aliphatic carbocycles. The van der Waals surface area contributed by atoms with Crippen LogP contribution in [0.5, 0.6) is 0 Å². The SMILES string of the molecule is CCCNC(=O)c1cccc(CN=C(NCC)NCCCN(C(C)C)C(C)C)c1. The summed E-state index contributed by atoms with van der Waals surface area (Å²) in [5, 5.41) is 9.64. The van der Waals surface area contributed by atoms with Gasteiger partial charge < -0.3 is 16.0 Å². The summed E-state index contributed by atoms with van der Waals surface area (Å²) >= 11 is 0. The van der Waals surface area contributed by atoms with E-state index in [9.17, 15) is 4.79 Å². The van der Waals surface area contributed by atoms with Crippen LogP contribution in [0.2, 0.25) is 0 Å². The largest absolute Gasteiger partial charge is 0.357 e. The van der Waals surface area contributed by atoms with E-state index >= 15 is 0 Å². The van der Waals surface area contributed by atoms with E-state index in [2.05, 4.69) is 60.5 Å². The van der Waals surface area contributed by atoms with Crippen molar-refractivity contribution in [3.05, 3.63) is 35.4 Å². The molecule has 164 valence electrons. The molecule has 1 rings (SSSR count). The summed E-state index contributed by atoms with van der Waals surface area (Å²) in [6.45, 7) is 17.1. The molecule has 3 N–H and O–H groups in total. The lowest BCUT2D eigenvalue weighted by Gasteiger charge is -2.30. The van der Waals surface area contributed by atoms with Crippen molar-refractivity contribution < 1.29 is 4.79 Å². The zero-order chi connectivity index (χ0) is 21.6. The van der Waals surface area contributed by atoms with Gasteiger partial charge in [0.15, 0.2) is 5.96 Å². The lowest BCUT2D eigenvalue weighted by Crippen LogP contribution is -2.41. The van der Waals surface area contributed by atoms with Crippen LogP contribution in [0, 0.1) is 0 Å². The molecule has 1 aromatic carbocycles. The van der Waals surface area contributed by atoms with Gasteiger partial charge in [0.1, 0.15) is 0 Å². The van der Waals surface area contributed by atoms with Crippen LogP contribution >= 0.6 is 0 Å². The Bertz CT molecular complexity index is 619. The van der Waals surface area contributed by atoms with E-state index in [1.807, 2.05) is 31.2 Å². The van der Waals surface area contributed by atoms with Crippen LogP contribution in [0.15, 0.2) is 29.3 Å². The first kappa shape index (κ1) is 25.0. The summed E-state index contributed by atoms with van der Waals surface area (Å²) in [7, 11) is 0. The summed E-state index contributed by atoms with van der Waals surface area (Å²) in [5.41, 5.74) is 1.71. The van der Waals surface area contributed by atoms with Gasteiger partial charge in [-0.3, -0.25) is 9.69 Å². The van der Waals surface area contributed by atoms with Gasteiger partial charge in [-0.05, 0) is 65.2 Å². The van der Waals surface area contributed by atoms with Crippen molar-refractivity contribution >= 4 is 11.9 Å². The molecule has 0 heterocycles. The van der Waals surface area contributed by atoms with Crippen LogP contribution in [-0.4, -0.2) is 55.0 Å². The summed E-state index contributed by atoms with van der Waals surface area (Å²) in [5.74, 6) is 0.788. The fraction of sp³-hybridized carbons (Fsp3) is 0.652. The van der Waals surface area contributed by atoms with Gasteiger partial charge in [0, 0.05) is 43.8 Å². The molecule has 0 aromatic heterocycles. The normalized spacial score (nSPS) is 12.0. The fourth-order valence-corrected chi connectivity index (χ4v) is 3.24. The molecule has 0 aliphatic rings. The minimum absolute atomic E-state index is 0.0254. The van der Waals surface area contributed by atoms with Crippen molar-refractivity contribution in [3.8, 4) is 0 Å². The van der Waals surface area contributed by atoms with E-state index in [0.717, 1.165) is 44.0 Å². The van der Waals surface area contributed by atoms with Gasteiger partial charge >= 0.3 is 0 Å². The quantitative estimate of drug-likeness (QED) is 0.284. The number of hydrogen-bond acceptors (Lipinski definition) is 3. The Hall–Kier alpha value is -2.08. The third kappa shape index (κ3) is 9.79. The second-order valence-electron chi connectivity index (χ2n) is 7.86. The van der Waals surface area contributed by atoms with E-state index in [1.54, 1.807) is 0 Å². The number of nitrogens with one attached hydrogen (secondary N) is 3. The van der Waals surface area contributed by atoms with Gasteiger partial charge in [0.25, 0.3) is 5.91 Å². The molecule has 0 spiro atoms. The number of carbonyl (C=O) groups excluding carboxylic acids is 1. The lowest BCUT2D eigenvalue weighted by atomic mass is 10.1. The average Bonchev–Trinajstić information content (AvgIpc) is 2.69. The summed E-state index contributed by atoms with van der Waals surface area (Å²) in [6.07, 6.45) is 1.99. The number of carbonyl (C=O) groups is 1. The van der Waals surface area contributed by atoms with Crippen molar-refractivity contribution in [1.82, 2.24) is 20.9 Å². The highest BCUT2D eigenvalue weighted by Crippen LogP contribution is 2.07. The smallest absolute Gasteiger partial charge is 0.251 e. The van der Waals surface area contributed by atoms with Crippen LogP contribution in [0.4, 0.5) is 0 Å². The van der Waals surface area contributed by atoms with Crippen molar-refractivity contribution in [2.24, 2.45) is 4.99 Å². The maximum Gasteiger partial charge on any atom is 0.251 e. The second kappa shape index (κ2) is 14.0. The molecule has 1 amide bonds. The Morgan fingerprint density at radius 1 is 1.03 bits per heavy atom. The Morgan fingerprint density at radius 3 is 2.38 bits per heavy atom. The molecule has 0 bridgehead atoms. The van der Waals surface area contributed by atoms with Crippen LogP contribution in [0.1, 0.15) is 70.3 Å². The zero-order valence-corrected chi connectivity index (χ0v) is 19.2. The summed E-state index contributed by atoms with van der Waals surface area (Å²) in [6, 6.07) is 8.79. The topological polar surface area (TPSA) is 68.8 Å². The van der Waals surface area contributed by atoms with Gasteiger partial charge in [-0.25, -0.2) is 4.99 Å². The third-order valence-corrected chi connectivity index (χ3v) is 4.70. The highest BCUT2D eigenvalue weighted by Gasteiger charge is 2.12. The van der Waals surface area contributed by atoms with Gasteiger partial charge in [-0.2, -0.15) is 0 Å². The second-order valence-corrected chi connectivity index (χ2v) is 7.86. The van der Waals surface area contributed by atoms with Gasteiger partial charge in [0.2, 0.25) is 0 Å². The van der Waals surface area contributed by atoms with Gasteiger partial charge in [-0.1, -0.05) is 19.1 Å². The molecule has 1 aromatic rings. The first-order chi connectivity index (χ1) is 13.9. The van der Waals surface area contributed by atoms with Crippen molar-refractivity contribution in [2.45, 2.75) is 73.0 Å². The molecule has 0 unspecified atom stereocenters. The number of aliphatic imine (C=N–C) groups is 1. The number of benzene rings is 1. The minimum atomic E-state index is -0.0254. The Morgan fingerprint density at radius 2 is 1.76 bits per heavy atom. The van der Waals surface area contributed by atoms with Crippen molar-refractivity contribution in [2.75, 3.05) is 26.2 Å². The molecule has 6 heteroatoms. The lowest BCUT2D eigenvalue weighted by molar-refractivity contribution is 0.0953. The molecule has 0 saturated carbocycles. The van der Waals surface area contributed by atoms with Crippen LogP contribution in [-0.2, 0) is 6.54 Å². The molecule has 0 atom stereocenters. The minimum Gasteiger partial charge on any atom is -0.357 e.